The molecule has 5 heteroatoms. The first-order valence-corrected chi connectivity index (χ1v) is 19.6. The van der Waals surface area contributed by atoms with E-state index >= 15 is 4.39 Å². The molecule has 2 heterocycles. The molecular weight excluding hydrogens is 658 g/mol. The zero-order valence-corrected chi connectivity index (χ0v) is 32.6. The first-order valence-electron chi connectivity index (χ1n) is 18.8. The van der Waals surface area contributed by atoms with Crippen molar-refractivity contribution in [3.8, 4) is 21.6 Å². The predicted octanol–water partition coefficient (Wildman–Crippen LogP) is 13.4. The van der Waals surface area contributed by atoms with Gasteiger partial charge in [0.25, 0.3) is 0 Å². The number of halogens is 1. The van der Waals surface area contributed by atoms with Crippen molar-refractivity contribution in [3.63, 3.8) is 0 Å². The average Bonchev–Trinajstić information content (AvgIpc) is 3.65. The maximum Gasteiger partial charge on any atom is 0.150 e. The summed E-state index contributed by atoms with van der Waals surface area (Å²) in [5.41, 5.74) is 10.8. The molecule has 0 amide bonds. The first kappa shape index (κ1) is 40.2. The van der Waals surface area contributed by atoms with Crippen molar-refractivity contribution in [1.29, 1.82) is 0 Å². The van der Waals surface area contributed by atoms with Crippen molar-refractivity contribution < 1.29 is 4.39 Å². The zero-order chi connectivity index (χ0) is 37.1. The number of unbranched alkanes of at least 4 members (excludes halogenated alkanes) is 1. The summed E-state index contributed by atoms with van der Waals surface area (Å²) in [6.45, 7) is 13.5. The standard InChI is InChI=1S/C30H26FNS.C13H20N2.C4H10/c1-2-10-25-24(21-11-5-3-6-12-21)17-18-26(29(25)31)32-30(23-15-9-16-23)28-20-19-27(33-28)22-13-7-4-8-14-22;1-4-5-12-6-7-15-10-13(12)8-11(2)9-14-3;1-3-4-2/h2-8,11-14,17-20,32H,1,9-10,15-16H2;6-8,10,14H,4-5,9H2,1-3H3;3-4H2,1-2H3/b;11-8+;. The monoisotopic (exact) mass is 713 g/mol. The van der Waals surface area contributed by atoms with Crippen LogP contribution < -0.4 is 10.6 Å². The first-order chi connectivity index (χ1) is 25.4. The van der Waals surface area contributed by atoms with Crippen LogP contribution in [0.25, 0.3) is 33.3 Å². The fourth-order valence-electron chi connectivity index (χ4n) is 5.90. The minimum Gasteiger partial charge on any atom is -0.352 e. The van der Waals surface area contributed by atoms with Gasteiger partial charge in [-0.15, -0.1) is 17.9 Å². The van der Waals surface area contributed by atoms with Crippen LogP contribution in [-0.2, 0) is 12.8 Å². The number of aryl methyl sites for hydroxylation is 1. The predicted molar refractivity (Wildman–Crippen MR) is 226 cm³/mol. The molecule has 0 radical (unpaired) electrons. The number of hydrogen-bond acceptors (Lipinski definition) is 4. The number of anilines is 1. The van der Waals surface area contributed by atoms with E-state index in [0.29, 0.717) is 17.7 Å². The van der Waals surface area contributed by atoms with Crippen LogP contribution in [-0.4, -0.2) is 18.6 Å². The molecule has 1 saturated carbocycles. The fourth-order valence-corrected chi connectivity index (χ4v) is 6.96. The van der Waals surface area contributed by atoms with E-state index in [1.807, 2.05) is 68.0 Å². The Labute approximate surface area is 316 Å². The van der Waals surface area contributed by atoms with E-state index in [0.717, 1.165) is 47.5 Å². The van der Waals surface area contributed by atoms with Crippen molar-refractivity contribution in [2.24, 2.45) is 0 Å². The second-order valence-corrected chi connectivity index (χ2v) is 14.2. The number of nitrogens with one attached hydrogen (secondary N) is 2. The number of hydrogen-bond donors (Lipinski definition) is 2. The molecule has 0 bridgehead atoms. The summed E-state index contributed by atoms with van der Waals surface area (Å²) in [7, 11) is 1.97. The van der Waals surface area contributed by atoms with Gasteiger partial charge in [0.05, 0.1) is 16.3 Å². The van der Waals surface area contributed by atoms with Crippen molar-refractivity contribution in [3.05, 3.63) is 155 Å². The Bertz CT molecular complexity index is 1880. The summed E-state index contributed by atoms with van der Waals surface area (Å²) in [4.78, 5) is 6.55. The van der Waals surface area contributed by atoms with Crippen molar-refractivity contribution in [2.45, 2.75) is 79.1 Å². The highest BCUT2D eigenvalue weighted by molar-refractivity contribution is 7.16. The quantitative estimate of drug-likeness (QED) is 0.119. The smallest absolute Gasteiger partial charge is 0.150 e. The van der Waals surface area contributed by atoms with Crippen LogP contribution in [0.1, 0.15) is 87.8 Å². The summed E-state index contributed by atoms with van der Waals surface area (Å²) in [6, 6.07) is 30.7. The zero-order valence-electron chi connectivity index (χ0n) is 31.8. The van der Waals surface area contributed by atoms with Crippen LogP contribution in [0.2, 0.25) is 0 Å². The number of nitrogens with zero attached hydrogens (tertiary/aromatic N) is 1. The summed E-state index contributed by atoms with van der Waals surface area (Å²) >= 11 is 1.75. The van der Waals surface area contributed by atoms with Crippen LogP contribution in [0, 0.1) is 5.82 Å². The topological polar surface area (TPSA) is 37.0 Å². The van der Waals surface area contributed by atoms with E-state index in [1.54, 1.807) is 17.4 Å². The van der Waals surface area contributed by atoms with Crippen LogP contribution in [0.3, 0.4) is 0 Å². The molecule has 52 heavy (non-hydrogen) atoms. The maximum absolute atomic E-state index is 15.8. The highest BCUT2D eigenvalue weighted by Gasteiger charge is 2.21. The molecule has 5 aromatic rings. The third-order valence-electron chi connectivity index (χ3n) is 8.98. The minimum absolute atomic E-state index is 0.200. The van der Waals surface area contributed by atoms with Gasteiger partial charge in [0, 0.05) is 29.4 Å². The molecule has 0 unspecified atom stereocenters. The number of thiophene rings is 1. The normalized spacial score (nSPS) is 12.1. The van der Waals surface area contributed by atoms with E-state index in [-0.39, 0.29) is 5.82 Å². The number of pyridine rings is 1. The highest BCUT2D eigenvalue weighted by Crippen LogP contribution is 2.40. The Hall–Kier alpha value is -4.58. The second-order valence-electron chi connectivity index (χ2n) is 13.1. The molecule has 1 fully saturated rings. The molecule has 3 aromatic carbocycles. The summed E-state index contributed by atoms with van der Waals surface area (Å²) in [5, 5.41) is 6.64. The Morgan fingerprint density at radius 3 is 2.15 bits per heavy atom. The van der Waals surface area contributed by atoms with Gasteiger partial charge in [-0.3, -0.25) is 4.98 Å². The SMILES string of the molecule is C=CCc1c(-c2ccccc2)ccc(NC(=C2CCC2)c2ccc(-c3ccccc3)s2)c1F.CCCC.CCCc1ccncc1/C=C(\C)CNC. The fraction of sp³-hybridized carbons (Fsp3) is 0.298. The average molecular weight is 714 g/mol. The van der Waals surface area contributed by atoms with Crippen molar-refractivity contribution in [2.75, 3.05) is 18.9 Å². The van der Waals surface area contributed by atoms with Crippen LogP contribution in [0.5, 0.6) is 0 Å². The lowest BCUT2D eigenvalue weighted by atomic mass is 9.89. The lowest BCUT2D eigenvalue weighted by Crippen LogP contribution is -2.09. The van der Waals surface area contributed by atoms with Crippen molar-refractivity contribution >= 4 is 28.8 Å². The molecule has 0 atom stereocenters. The Morgan fingerprint density at radius 1 is 0.865 bits per heavy atom. The Morgan fingerprint density at radius 2 is 1.56 bits per heavy atom. The maximum atomic E-state index is 15.8. The van der Waals surface area contributed by atoms with E-state index < -0.39 is 0 Å². The van der Waals surface area contributed by atoms with E-state index in [1.165, 1.54) is 58.4 Å². The molecule has 0 spiro atoms. The molecule has 1 aliphatic carbocycles. The molecule has 272 valence electrons. The number of aromatic nitrogens is 1. The van der Waals surface area contributed by atoms with Gasteiger partial charge in [0.1, 0.15) is 0 Å². The summed E-state index contributed by atoms with van der Waals surface area (Å²) < 4.78 is 15.8. The molecule has 6 rings (SSSR count). The molecule has 2 aromatic heterocycles. The molecule has 1 aliphatic rings. The van der Waals surface area contributed by atoms with E-state index in [9.17, 15) is 0 Å². The highest BCUT2D eigenvalue weighted by atomic mass is 32.1. The van der Waals surface area contributed by atoms with E-state index in [2.05, 4.69) is 98.4 Å². The summed E-state index contributed by atoms with van der Waals surface area (Å²) in [6.07, 6.45) is 16.5. The van der Waals surface area contributed by atoms with Gasteiger partial charge in [0.15, 0.2) is 5.82 Å². The number of likely N-dealkylation sites (N-methyl/N-ethyl adjacent to an activating group) is 1. The van der Waals surface area contributed by atoms with Crippen LogP contribution in [0.4, 0.5) is 10.1 Å². The van der Waals surface area contributed by atoms with Crippen molar-refractivity contribution in [1.82, 2.24) is 10.3 Å². The van der Waals surface area contributed by atoms with Gasteiger partial charge >= 0.3 is 0 Å². The lowest BCUT2D eigenvalue weighted by Gasteiger charge is -2.23. The summed E-state index contributed by atoms with van der Waals surface area (Å²) in [5.74, 6) is -0.200. The van der Waals surface area contributed by atoms with Gasteiger partial charge < -0.3 is 10.6 Å². The van der Waals surface area contributed by atoms with Gasteiger partial charge in [0.2, 0.25) is 0 Å². The minimum atomic E-state index is -0.200. The number of allylic oxidation sites excluding steroid dienone is 2. The van der Waals surface area contributed by atoms with Gasteiger partial charge in [-0.2, -0.15) is 0 Å². The molecular formula is C47H56FN3S. The molecule has 0 aliphatic heterocycles. The van der Waals surface area contributed by atoms with Gasteiger partial charge in [-0.25, -0.2) is 4.39 Å². The second kappa shape index (κ2) is 21.7. The van der Waals surface area contributed by atoms with Gasteiger partial charge in [-0.05, 0) is 104 Å². The molecule has 0 saturated heterocycles. The molecule has 2 N–H and O–H groups in total. The van der Waals surface area contributed by atoms with E-state index in [4.69, 9.17) is 0 Å². The third-order valence-corrected chi connectivity index (χ3v) is 10.1. The number of benzene rings is 3. The Balaban J connectivity index is 0.000000266. The largest absolute Gasteiger partial charge is 0.352 e. The lowest BCUT2D eigenvalue weighted by molar-refractivity contribution is 0.619. The number of rotatable bonds is 13. The van der Waals surface area contributed by atoms with Crippen LogP contribution in [0.15, 0.2) is 127 Å². The van der Waals surface area contributed by atoms with Gasteiger partial charge in [-0.1, -0.05) is 124 Å². The van der Waals surface area contributed by atoms with Crippen LogP contribution >= 0.6 is 11.3 Å². The Kier molecular flexibility index (Phi) is 16.8. The molecule has 3 nitrogen and oxygen atoms in total. The third kappa shape index (κ3) is 11.5.